The van der Waals surface area contributed by atoms with Crippen LogP contribution in [0.3, 0.4) is 0 Å². The molecule has 0 fully saturated rings. The third kappa shape index (κ3) is 2.82. The lowest BCUT2D eigenvalue weighted by molar-refractivity contribution is 0.00815. The molecule has 0 unspecified atom stereocenters. The Morgan fingerprint density at radius 1 is 1.19 bits per heavy atom. The maximum absolute atomic E-state index is 10.7. The van der Waals surface area contributed by atoms with Gasteiger partial charge in [0.15, 0.2) is 0 Å². The zero-order valence-corrected chi connectivity index (χ0v) is 10.6. The second-order valence-corrected chi connectivity index (χ2v) is 4.37. The van der Waals surface area contributed by atoms with Crippen molar-refractivity contribution in [1.29, 1.82) is 0 Å². The molecule has 1 rings (SSSR count). The smallest absolute Gasteiger partial charge is 0.108 e. The van der Waals surface area contributed by atoms with Gasteiger partial charge in [-0.2, -0.15) is 0 Å². The summed E-state index contributed by atoms with van der Waals surface area (Å²) in [6, 6.07) is 0. The van der Waals surface area contributed by atoms with Crippen LogP contribution in [0.5, 0.6) is 0 Å². The molecule has 0 amide bonds. The van der Waals surface area contributed by atoms with Crippen LogP contribution in [0.2, 0.25) is 0 Å². The van der Waals surface area contributed by atoms with Crippen molar-refractivity contribution >= 4 is 0 Å². The molecule has 92 valence electrons. The van der Waals surface area contributed by atoms with Crippen LogP contribution in [0, 0.1) is 0 Å². The molecule has 4 heteroatoms. The standard InChI is InChI=1S/C12H23N3O/c1-4-7-12(16,8-5-2)11-10-13-14-15(11)9-6-3/h10,16H,4-9H2,1-3H3. The molecule has 1 aromatic heterocycles. The molecule has 1 aromatic rings. The Morgan fingerprint density at radius 2 is 1.81 bits per heavy atom. The first-order chi connectivity index (χ1) is 7.68. The molecule has 0 saturated heterocycles. The van der Waals surface area contributed by atoms with E-state index in [1.54, 1.807) is 6.20 Å². The van der Waals surface area contributed by atoms with E-state index < -0.39 is 5.60 Å². The van der Waals surface area contributed by atoms with Crippen molar-refractivity contribution in [2.24, 2.45) is 0 Å². The van der Waals surface area contributed by atoms with Gasteiger partial charge in [-0.25, -0.2) is 4.68 Å². The van der Waals surface area contributed by atoms with Gasteiger partial charge in [-0.15, -0.1) is 5.10 Å². The second kappa shape index (κ2) is 5.99. The van der Waals surface area contributed by atoms with Gasteiger partial charge in [0.2, 0.25) is 0 Å². The fourth-order valence-corrected chi connectivity index (χ4v) is 2.20. The zero-order valence-electron chi connectivity index (χ0n) is 10.6. The van der Waals surface area contributed by atoms with E-state index in [9.17, 15) is 5.11 Å². The van der Waals surface area contributed by atoms with Gasteiger partial charge >= 0.3 is 0 Å². The van der Waals surface area contributed by atoms with Crippen molar-refractivity contribution in [1.82, 2.24) is 15.0 Å². The van der Waals surface area contributed by atoms with Crippen molar-refractivity contribution < 1.29 is 5.11 Å². The van der Waals surface area contributed by atoms with Crippen LogP contribution in [-0.4, -0.2) is 20.1 Å². The van der Waals surface area contributed by atoms with E-state index in [0.29, 0.717) is 0 Å². The van der Waals surface area contributed by atoms with Crippen molar-refractivity contribution in [3.05, 3.63) is 11.9 Å². The summed E-state index contributed by atoms with van der Waals surface area (Å²) >= 11 is 0. The predicted octanol–water partition coefficient (Wildman–Crippen LogP) is 2.48. The average Bonchev–Trinajstić information content (AvgIpc) is 2.68. The summed E-state index contributed by atoms with van der Waals surface area (Å²) in [7, 11) is 0. The van der Waals surface area contributed by atoms with Crippen molar-refractivity contribution in [3.8, 4) is 0 Å². The minimum atomic E-state index is -0.748. The zero-order chi connectivity index (χ0) is 12.0. The second-order valence-electron chi connectivity index (χ2n) is 4.37. The van der Waals surface area contributed by atoms with Gasteiger partial charge in [0.05, 0.1) is 11.9 Å². The molecule has 0 spiro atoms. The summed E-state index contributed by atoms with van der Waals surface area (Å²) in [5.41, 5.74) is 0.125. The lowest BCUT2D eigenvalue weighted by Crippen LogP contribution is -2.29. The van der Waals surface area contributed by atoms with Gasteiger partial charge in [-0.3, -0.25) is 0 Å². The first-order valence-corrected chi connectivity index (χ1v) is 6.29. The highest BCUT2D eigenvalue weighted by atomic mass is 16.3. The van der Waals surface area contributed by atoms with E-state index in [0.717, 1.165) is 44.3 Å². The van der Waals surface area contributed by atoms with E-state index in [2.05, 4.69) is 31.1 Å². The molecule has 1 heterocycles. The van der Waals surface area contributed by atoms with Crippen LogP contribution < -0.4 is 0 Å². The van der Waals surface area contributed by atoms with Gasteiger partial charge in [0.25, 0.3) is 0 Å². The van der Waals surface area contributed by atoms with Gasteiger partial charge in [0.1, 0.15) is 5.60 Å². The molecule has 1 N–H and O–H groups in total. The van der Waals surface area contributed by atoms with Crippen molar-refractivity contribution in [3.63, 3.8) is 0 Å². The topological polar surface area (TPSA) is 50.9 Å². The van der Waals surface area contributed by atoms with Crippen LogP contribution in [0.15, 0.2) is 6.20 Å². The fraction of sp³-hybridized carbons (Fsp3) is 0.833. The highest BCUT2D eigenvalue weighted by Crippen LogP contribution is 2.30. The maximum atomic E-state index is 10.7. The molecule has 0 aliphatic heterocycles. The van der Waals surface area contributed by atoms with Gasteiger partial charge < -0.3 is 5.11 Å². The Kier molecular flexibility index (Phi) is 4.93. The Hall–Kier alpha value is -0.900. The summed E-state index contributed by atoms with van der Waals surface area (Å²) in [5.74, 6) is 0. The van der Waals surface area contributed by atoms with Gasteiger partial charge in [0, 0.05) is 6.54 Å². The van der Waals surface area contributed by atoms with E-state index >= 15 is 0 Å². The van der Waals surface area contributed by atoms with Crippen molar-refractivity contribution in [2.75, 3.05) is 0 Å². The molecule has 0 aliphatic rings. The average molecular weight is 225 g/mol. The SMILES string of the molecule is CCCn1nncc1C(O)(CCC)CCC. The number of aromatic nitrogens is 3. The van der Waals surface area contributed by atoms with Crippen LogP contribution in [0.4, 0.5) is 0 Å². The molecule has 0 aromatic carbocycles. The minimum Gasteiger partial charge on any atom is -0.384 e. The Bertz CT molecular complexity index is 303. The molecular weight excluding hydrogens is 202 g/mol. The Morgan fingerprint density at radius 3 is 2.31 bits per heavy atom. The summed E-state index contributed by atoms with van der Waals surface area (Å²) in [6.07, 6.45) is 6.20. The molecule has 0 bridgehead atoms. The minimum absolute atomic E-state index is 0.748. The van der Waals surface area contributed by atoms with Crippen LogP contribution in [-0.2, 0) is 12.1 Å². The van der Waals surface area contributed by atoms with Crippen molar-refractivity contribution in [2.45, 2.75) is 65.0 Å². The third-order valence-corrected chi connectivity index (χ3v) is 2.86. The monoisotopic (exact) mass is 225 g/mol. The highest BCUT2D eigenvalue weighted by molar-refractivity contribution is 5.08. The van der Waals surface area contributed by atoms with Gasteiger partial charge in [-0.05, 0) is 19.3 Å². The van der Waals surface area contributed by atoms with Crippen LogP contribution in [0.25, 0.3) is 0 Å². The first kappa shape index (κ1) is 13.2. The summed E-state index contributed by atoms with van der Waals surface area (Å²) in [5, 5.41) is 18.6. The lowest BCUT2D eigenvalue weighted by Gasteiger charge is -2.27. The summed E-state index contributed by atoms with van der Waals surface area (Å²) in [4.78, 5) is 0. The Balaban J connectivity index is 2.95. The first-order valence-electron chi connectivity index (χ1n) is 6.29. The third-order valence-electron chi connectivity index (χ3n) is 2.86. The quantitative estimate of drug-likeness (QED) is 0.775. The molecule has 0 atom stereocenters. The molecule has 0 radical (unpaired) electrons. The van der Waals surface area contributed by atoms with Crippen LogP contribution >= 0.6 is 0 Å². The Labute approximate surface area is 97.7 Å². The normalized spacial score (nSPS) is 12.0. The summed E-state index contributed by atoms with van der Waals surface area (Å²) in [6.45, 7) is 7.11. The number of rotatable bonds is 7. The predicted molar refractivity (Wildman–Crippen MR) is 64.0 cm³/mol. The molecular formula is C12H23N3O. The van der Waals surface area contributed by atoms with Gasteiger partial charge in [-0.1, -0.05) is 38.8 Å². The maximum Gasteiger partial charge on any atom is 0.108 e. The lowest BCUT2D eigenvalue weighted by atomic mass is 9.89. The number of aryl methyl sites for hydroxylation is 1. The van der Waals surface area contributed by atoms with Crippen LogP contribution in [0.1, 0.15) is 58.6 Å². The van der Waals surface area contributed by atoms with E-state index in [4.69, 9.17) is 0 Å². The number of hydrogen-bond acceptors (Lipinski definition) is 3. The number of nitrogens with zero attached hydrogens (tertiary/aromatic N) is 3. The number of hydrogen-bond donors (Lipinski definition) is 1. The highest BCUT2D eigenvalue weighted by Gasteiger charge is 2.31. The molecule has 0 saturated carbocycles. The molecule has 16 heavy (non-hydrogen) atoms. The fourth-order valence-electron chi connectivity index (χ4n) is 2.20. The molecule has 4 nitrogen and oxygen atoms in total. The summed E-state index contributed by atoms with van der Waals surface area (Å²) < 4.78 is 1.84. The van der Waals surface area contributed by atoms with E-state index in [1.165, 1.54) is 0 Å². The van der Waals surface area contributed by atoms with E-state index in [-0.39, 0.29) is 0 Å². The number of aliphatic hydroxyl groups is 1. The largest absolute Gasteiger partial charge is 0.384 e. The molecule has 0 aliphatic carbocycles. The van der Waals surface area contributed by atoms with E-state index in [1.807, 2.05) is 4.68 Å².